The molecule has 4 aromatic rings. The molecule has 40 heavy (non-hydrogen) atoms. The minimum atomic E-state index is -2.35. The molecule has 0 bridgehead atoms. The summed E-state index contributed by atoms with van der Waals surface area (Å²) in [6.45, 7) is 2.54. The number of anilines is 2. The van der Waals surface area contributed by atoms with Crippen LogP contribution in [0.25, 0.3) is 33.4 Å². The Morgan fingerprint density at radius 1 is 1.23 bits per heavy atom. The minimum Gasteiger partial charge on any atom is -0.760 e. The lowest BCUT2D eigenvalue weighted by Gasteiger charge is -2.29. The highest BCUT2D eigenvalue weighted by Crippen LogP contribution is 2.38. The Kier molecular flexibility index (Phi) is 8.72. The van der Waals surface area contributed by atoms with Crippen molar-refractivity contribution >= 4 is 45.4 Å². The van der Waals surface area contributed by atoms with Gasteiger partial charge in [0.1, 0.15) is 28.7 Å². The second-order valence-corrected chi connectivity index (χ2v) is 10.3. The van der Waals surface area contributed by atoms with Crippen LogP contribution in [0.1, 0.15) is 12.0 Å². The maximum atomic E-state index is 15.7. The van der Waals surface area contributed by atoms with Crippen molar-refractivity contribution in [1.29, 1.82) is 0 Å². The monoisotopic (exact) mass is 585 g/mol. The smallest absolute Gasteiger partial charge is 0.163 e. The van der Waals surface area contributed by atoms with Gasteiger partial charge in [0, 0.05) is 53.6 Å². The number of hydrogen-bond acceptors (Lipinski definition) is 9. The Bertz CT molecular complexity index is 1570. The first kappa shape index (κ1) is 28.1. The molecule has 1 atom stereocenters. The zero-order valence-electron chi connectivity index (χ0n) is 21.7. The van der Waals surface area contributed by atoms with Crippen LogP contribution in [0, 0.1) is 5.82 Å². The minimum absolute atomic E-state index is 0.211. The standard InChI is InChI=1S/C27H28ClFN6O4S/c1-38-22-14-17(19-6-2-4-16(23(19)29)5-3-7-32-40(36)37)12-20-24(22)33-26(18-13-21(28)25(30)31-15-18)34-27(20)35-8-10-39-11-9-35/h2,4,6,12-15,32H,3,5,7-11H2,1H3,(H2,30,31)(H,36,37)/p-1. The van der Waals surface area contributed by atoms with Crippen LogP contribution < -0.4 is 20.1 Å². The number of hydrogen-bond donors (Lipinski definition) is 2. The van der Waals surface area contributed by atoms with Crippen LogP contribution in [0.2, 0.25) is 5.02 Å². The van der Waals surface area contributed by atoms with Crippen molar-refractivity contribution in [2.75, 3.05) is 50.6 Å². The molecule has 3 heterocycles. The van der Waals surface area contributed by atoms with Gasteiger partial charge in [-0.25, -0.2) is 24.1 Å². The first-order valence-corrected chi connectivity index (χ1v) is 14.1. The number of benzene rings is 2. The van der Waals surface area contributed by atoms with E-state index < -0.39 is 11.3 Å². The van der Waals surface area contributed by atoms with Crippen LogP contribution >= 0.6 is 11.6 Å². The lowest BCUT2D eigenvalue weighted by molar-refractivity contribution is 0.122. The number of nitrogens with one attached hydrogen (secondary N) is 1. The van der Waals surface area contributed by atoms with E-state index in [0.29, 0.717) is 94.7 Å². The topological polar surface area (TPSA) is 139 Å². The predicted octanol–water partition coefficient (Wildman–Crippen LogP) is 3.90. The van der Waals surface area contributed by atoms with E-state index in [4.69, 9.17) is 36.8 Å². The van der Waals surface area contributed by atoms with Crippen molar-refractivity contribution in [2.24, 2.45) is 0 Å². The Morgan fingerprint density at radius 2 is 2.02 bits per heavy atom. The third-order valence-electron chi connectivity index (χ3n) is 6.64. The van der Waals surface area contributed by atoms with Gasteiger partial charge in [0.15, 0.2) is 5.82 Å². The summed E-state index contributed by atoms with van der Waals surface area (Å²) in [4.78, 5) is 15.9. The second-order valence-electron chi connectivity index (χ2n) is 9.15. The molecule has 0 saturated carbocycles. The molecule has 210 valence electrons. The number of methoxy groups -OCH3 is 1. The molecule has 0 amide bonds. The number of pyridine rings is 1. The molecule has 13 heteroatoms. The van der Waals surface area contributed by atoms with Gasteiger partial charge in [-0.15, -0.1) is 0 Å². The van der Waals surface area contributed by atoms with Crippen LogP contribution in [-0.4, -0.2) is 63.7 Å². The Balaban J connectivity index is 1.63. The summed E-state index contributed by atoms with van der Waals surface area (Å²) >= 11 is 3.89. The van der Waals surface area contributed by atoms with Crippen LogP contribution in [0.3, 0.4) is 0 Å². The van der Waals surface area contributed by atoms with Crippen LogP contribution in [-0.2, 0) is 22.4 Å². The first-order chi connectivity index (χ1) is 19.4. The van der Waals surface area contributed by atoms with Gasteiger partial charge in [-0.1, -0.05) is 29.8 Å². The fourth-order valence-electron chi connectivity index (χ4n) is 4.64. The molecule has 0 aliphatic carbocycles. The van der Waals surface area contributed by atoms with Crippen molar-refractivity contribution in [3.8, 4) is 28.3 Å². The van der Waals surface area contributed by atoms with E-state index in [9.17, 15) is 8.76 Å². The van der Waals surface area contributed by atoms with Crippen LogP contribution in [0.15, 0.2) is 42.6 Å². The van der Waals surface area contributed by atoms with Gasteiger partial charge >= 0.3 is 0 Å². The summed E-state index contributed by atoms with van der Waals surface area (Å²) in [6, 6.07) is 10.5. The highest BCUT2D eigenvalue weighted by atomic mass is 35.5. The summed E-state index contributed by atoms with van der Waals surface area (Å²) in [6.07, 6.45) is 2.40. The summed E-state index contributed by atoms with van der Waals surface area (Å²) in [5.74, 6) is 1.34. The van der Waals surface area contributed by atoms with Crippen molar-refractivity contribution in [2.45, 2.75) is 12.8 Å². The fourth-order valence-corrected chi connectivity index (χ4v) is 5.12. The highest BCUT2D eigenvalue weighted by Gasteiger charge is 2.22. The molecule has 1 saturated heterocycles. The van der Waals surface area contributed by atoms with Crippen molar-refractivity contribution in [3.05, 3.63) is 59.0 Å². The van der Waals surface area contributed by atoms with Gasteiger partial charge in [0.05, 0.1) is 25.3 Å². The largest absolute Gasteiger partial charge is 0.760 e. The number of morpholine rings is 1. The van der Waals surface area contributed by atoms with Crippen LogP contribution in [0.5, 0.6) is 5.75 Å². The number of aromatic nitrogens is 3. The van der Waals surface area contributed by atoms with Crippen molar-refractivity contribution in [1.82, 2.24) is 19.7 Å². The van der Waals surface area contributed by atoms with E-state index in [0.717, 1.165) is 0 Å². The number of nitrogens with two attached hydrogens (primary N) is 1. The highest BCUT2D eigenvalue weighted by molar-refractivity contribution is 7.77. The number of nitrogens with zero attached hydrogens (tertiary/aromatic N) is 4. The number of halogens is 2. The maximum Gasteiger partial charge on any atom is 0.163 e. The molecule has 3 N–H and O–H groups in total. The molecule has 1 aliphatic heterocycles. The number of fused-ring (bicyclic) bond motifs is 1. The van der Waals surface area contributed by atoms with Crippen LogP contribution in [0.4, 0.5) is 16.0 Å². The molecule has 1 aliphatic rings. The fraction of sp³-hybridized carbons (Fsp3) is 0.296. The zero-order chi connectivity index (χ0) is 28.2. The molecular formula is C27H27ClFN6O4S-. The molecule has 10 nitrogen and oxygen atoms in total. The molecule has 0 spiro atoms. The average Bonchev–Trinajstić information content (AvgIpc) is 2.96. The van der Waals surface area contributed by atoms with E-state index in [1.165, 1.54) is 7.11 Å². The second kappa shape index (κ2) is 12.4. The average molecular weight is 586 g/mol. The lowest BCUT2D eigenvalue weighted by atomic mass is 9.98. The number of rotatable bonds is 9. The summed E-state index contributed by atoms with van der Waals surface area (Å²) in [5.41, 5.74) is 8.44. The Morgan fingerprint density at radius 3 is 2.75 bits per heavy atom. The summed E-state index contributed by atoms with van der Waals surface area (Å²) in [5, 5.41) is 0.991. The van der Waals surface area contributed by atoms with Gasteiger partial charge < -0.3 is 24.7 Å². The Labute approximate surface area is 238 Å². The lowest BCUT2D eigenvalue weighted by Crippen LogP contribution is -2.37. The molecule has 1 unspecified atom stereocenters. The molecule has 2 aromatic carbocycles. The SMILES string of the molecule is COc1cc(-c2cccc(CCCNS(=O)[O-])c2F)cc2c(N3CCOCC3)nc(-c3cnc(N)c(Cl)c3)nc12. The predicted molar refractivity (Wildman–Crippen MR) is 152 cm³/mol. The third-order valence-corrected chi connectivity index (χ3v) is 7.38. The van der Waals surface area contributed by atoms with E-state index in [1.807, 2.05) is 6.07 Å². The summed E-state index contributed by atoms with van der Waals surface area (Å²) < 4.78 is 50.8. The maximum absolute atomic E-state index is 15.7. The van der Waals surface area contributed by atoms with Gasteiger partial charge in [-0.05, 0) is 42.2 Å². The number of nitrogen functional groups attached to an aromatic ring is 1. The zero-order valence-corrected chi connectivity index (χ0v) is 23.2. The number of aryl methyl sites for hydroxylation is 1. The Hall–Kier alpha value is -3.42. The van der Waals surface area contributed by atoms with Crippen molar-refractivity contribution in [3.63, 3.8) is 0 Å². The van der Waals surface area contributed by atoms with E-state index in [2.05, 4.69) is 14.6 Å². The van der Waals surface area contributed by atoms with E-state index >= 15 is 4.39 Å². The molecule has 5 rings (SSSR count). The molecule has 1 fully saturated rings. The van der Waals surface area contributed by atoms with Crippen molar-refractivity contribution < 1.29 is 22.6 Å². The van der Waals surface area contributed by atoms with Gasteiger partial charge in [-0.3, -0.25) is 4.21 Å². The van der Waals surface area contributed by atoms with E-state index in [-0.39, 0.29) is 18.2 Å². The molecular weight excluding hydrogens is 559 g/mol. The van der Waals surface area contributed by atoms with Gasteiger partial charge in [-0.2, -0.15) is 0 Å². The first-order valence-electron chi connectivity index (χ1n) is 12.6. The quantitative estimate of drug-likeness (QED) is 0.221. The summed E-state index contributed by atoms with van der Waals surface area (Å²) in [7, 11) is 1.54. The normalized spacial score (nSPS) is 14.4. The van der Waals surface area contributed by atoms with Gasteiger partial charge in [0.25, 0.3) is 0 Å². The van der Waals surface area contributed by atoms with E-state index in [1.54, 1.807) is 36.5 Å². The molecule has 2 aromatic heterocycles. The molecule has 0 radical (unpaired) electrons. The third kappa shape index (κ3) is 6.01. The number of ether oxygens (including phenoxy) is 2. The van der Waals surface area contributed by atoms with Gasteiger partial charge in [0.2, 0.25) is 0 Å².